The van der Waals surface area contributed by atoms with Crippen LogP contribution in [0.4, 0.5) is 0 Å². The number of esters is 1. The molecule has 230 valence electrons. The summed E-state index contributed by atoms with van der Waals surface area (Å²) >= 11 is 0. The number of hydrogen-bond acceptors (Lipinski definition) is 6. The highest BCUT2D eigenvalue weighted by Gasteiger charge is 2.38. The Hall–Kier alpha value is -2.55. The standard InChI is InChI=1S/C34H48N4O3.BrH/c1-6-11-27-22-38(33(35)32(27)26-12-9-8-10-13-26)23-30(39)28-18-25(19-29(20-28)34(3,4)5)21-36-14-16-37(17-15-36)24-31(40)41-7-2;/h8-10,12-13,18-20,27,32,35H,6-7,11,14-17,21-24H2,1-5H3;1H. The van der Waals surface area contributed by atoms with E-state index in [9.17, 15) is 9.59 Å². The number of carbonyl (C=O) groups is 2. The van der Waals surface area contributed by atoms with E-state index in [2.05, 4.69) is 67.8 Å². The molecule has 2 aliphatic rings. The smallest absolute Gasteiger partial charge is 0.320 e. The molecule has 0 aromatic heterocycles. The molecule has 7 nitrogen and oxygen atoms in total. The predicted octanol–water partition coefficient (Wildman–Crippen LogP) is 5.92. The summed E-state index contributed by atoms with van der Waals surface area (Å²) in [5.74, 6) is 0.870. The molecule has 2 atom stereocenters. The van der Waals surface area contributed by atoms with Crippen molar-refractivity contribution in [3.05, 3.63) is 70.8 Å². The largest absolute Gasteiger partial charge is 0.465 e. The Balaban J connectivity index is 0.00000484. The topological polar surface area (TPSA) is 76.9 Å². The Labute approximate surface area is 262 Å². The van der Waals surface area contributed by atoms with Crippen molar-refractivity contribution in [2.24, 2.45) is 5.92 Å². The summed E-state index contributed by atoms with van der Waals surface area (Å²) in [6, 6.07) is 16.7. The second-order valence-corrected chi connectivity index (χ2v) is 12.7. The highest BCUT2D eigenvalue weighted by Crippen LogP contribution is 2.37. The number of hydrogen-bond donors (Lipinski definition) is 1. The first-order chi connectivity index (χ1) is 19.6. The molecule has 0 bridgehead atoms. The Morgan fingerprint density at radius 1 is 0.952 bits per heavy atom. The van der Waals surface area contributed by atoms with Crippen LogP contribution in [0.5, 0.6) is 0 Å². The Kier molecular flexibility index (Phi) is 12.3. The number of piperazine rings is 1. The zero-order valence-electron chi connectivity index (χ0n) is 26.0. The number of ether oxygens (including phenoxy) is 1. The molecule has 2 aromatic carbocycles. The van der Waals surface area contributed by atoms with E-state index >= 15 is 0 Å². The number of Topliss-reactive ketones (excluding diaryl/α,β-unsaturated/α-hetero) is 1. The van der Waals surface area contributed by atoms with Crippen LogP contribution in [0, 0.1) is 11.3 Å². The van der Waals surface area contributed by atoms with Gasteiger partial charge in [0, 0.05) is 50.7 Å². The van der Waals surface area contributed by atoms with Crippen molar-refractivity contribution < 1.29 is 14.3 Å². The molecule has 2 aromatic rings. The predicted molar refractivity (Wildman–Crippen MR) is 175 cm³/mol. The zero-order valence-corrected chi connectivity index (χ0v) is 27.7. The number of amidine groups is 1. The van der Waals surface area contributed by atoms with Gasteiger partial charge in [0.05, 0.1) is 19.7 Å². The van der Waals surface area contributed by atoms with Gasteiger partial charge in [-0.15, -0.1) is 17.0 Å². The second-order valence-electron chi connectivity index (χ2n) is 12.7. The van der Waals surface area contributed by atoms with Crippen LogP contribution >= 0.6 is 17.0 Å². The number of halogens is 1. The van der Waals surface area contributed by atoms with E-state index in [0.29, 0.717) is 24.9 Å². The molecule has 2 heterocycles. The maximum atomic E-state index is 13.8. The lowest BCUT2D eigenvalue weighted by Crippen LogP contribution is -2.47. The van der Waals surface area contributed by atoms with Crippen molar-refractivity contribution in [3.8, 4) is 0 Å². The number of nitrogens with one attached hydrogen (secondary N) is 1. The third-order valence-corrected chi connectivity index (χ3v) is 8.42. The molecule has 0 amide bonds. The summed E-state index contributed by atoms with van der Waals surface area (Å²) in [5, 5.41) is 9.04. The molecule has 2 fully saturated rings. The van der Waals surface area contributed by atoms with Gasteiger partial charge in [0.25, 0.3) is 0 Å². The van der Waals surface area contributed by atoms with Crippen LogP contribution in [0.15, 0.2) is 48.5 Å². The minimum atomic E-state index is -0.163. The molecular formula is C34H49BrN4O3. The highest BCUT2D eigenvalue weighted by molar-refractivity contribution is 8.93. The Morgan fingerprint density at radius 2 is 1.62 bits per heavy atom. The first kappa shape index (κ1) is 33.9. The van der Waals surface area contributed by atoms with Crippen LogP contribution in [0.2, 0.25) is 0 Å². The van der Waals surface area contributed by atoms with E-state index in [1.54, 1.807) is 0 Å². The summed E-state index contributed by atoms with van der Waals surface area (Å²) in [6.45, 7) is 16.5. The summed E-state index contributed by atoms with van der Waals surface area (Å²) in [5.41, 5.74) is 4.11. The monoisotopic (exact) mass is 640 g/mol. The number of rotatable bonds is 11. The summed E-state index contributed by atoms with van der Waals surface area (Å²) in [4.78, 5) is 32.2. The molecule has 2 saturated heterocycles. The third kappa shape index (κ3) is 8.74. The quantitative estimate of drug-likeness (QED) is 0.243. The van der Waals surface area contributed by atoms with Gasteiger partial charge in [-0.1, -0.05) is 70.5 Å². The molecular weight excluding hydrogens is 592 g/mol. The van der Waals surface area contributed by atoms with Crippen LogP contribution in [-0.4, -0.2) is 84.7 Å². The van der Waals surface area contributed by atoms with Crippen molar-refractivity contribution >= 4 is 34.6 Å². The first-order valence-corrected chi connectivity index (χ1v) is 15.2. The number of likely N-dealkylation sites (tertiary alicyclic amines) is 1. The van der Waals surface area contributed by atoms with Gasteiger partial charge in [-0.25, -0.2) is 0 Å². The van der Waals surface area contributed by atoms with Crippen molar-refractivity contribution in [2.75, 3.05) is 52.4 Å². The van der Waals surface area contributed by atoms with E-state index in [-0.39, 0.29) is 46.6 Å². The van der Waals surface area contributed by atoms with Crippen molar-refractivity contribution in [1.29, 1.82) is 5.41 Å². The summed E-state index contributed by atoms with van der Waals surface area (Å²) < 4.78 is 5.11. The molecule has 4 rings (SSSR count). The van der Waals surface area contributed by atoms with Gasteiger partial charge in [-0.3, -0.25) is 24.8 Å². The van der Waals surface area contributed by atoms with E-state index in [1.807, 2.05) is 30.0 Å². The molecule has 0 aliphatic carbocycles. The Morgan fingerprint density at radius 3 is 2.24 bits per heavy atom. The molecule has 1 N–H and O–H groups in total. The van der Waals surface area contributed by atoms with Crippen molar-refractivity contribution in [3.63, 3.8) is 0 Å². The fourth-order valence-electron chi connectivity index (χ4n) is 6.17. The normalized spacial score (nSPS) is 19.9. The fourth-order valence-corrected chi connectivity index (χ4v) is 6.17. The minimum Gasteiger partial charge on any atom is -0.465 e. The molecule has 2 aliphatic heterocycles. The van der Waals surface area contributed by atoms with Gasteiger partial charge in [0.1, 0.15) is 5.84 Å². The van der Waals surface area contributed by atoms with Crippen LogP contribution in [0.25, 0.3) is 0 Å². The maximum absolute atomic E-state index is 13.8. The summed E-state index contributed by atoms with van der Waals surface area (Å²) in [7, 11) is 0. The average Bonchev–Trinajstić information content (AvgIpc) is 3.24. The minimum absolute atomic E-state index is 0. The lowest BCUT2D eigenvalue weighted by Gasteiger charge is -2.34. The summed E-state index contributed by atoms with van der Waals surface area (Å²) in [6.07, 6.45) is 2.11. The SMILES string of the molecule is Br.CCCC1CN(CC(=O)c2cc(CN3CCN(CC(=O)OCC)CC3)cc(C(C)(C)C)c2)C(=N)C1c1ccccc1. The van der Waals surface area contributed by atoms with Gasteiger partial charge >= 0.3 is 5.97 Å². The van der Waals surface area contributed by atoms with Crippen LogP contribution in [0.1, 0.15) is 80.4 Å². The third-order valence-electron chi connectivity index (χ3n) is 8.42. The van der Waals surface area contributed by atoms with Crippen LogP contribution in [-0.2, 0) is 21.5 Å². The average molecular weight is 642 g/mol. The van der Waals surface area contributed by atoms with Crippen LogP contribution < -0.4 is 0 Å². The lowest BCUT2D eigenvalue weighted by molar-refractivity contribution is -0.144. The molecule has 0 radical (unpaired) electrons. The number of carbonyl (C=O) groups excluding carboxylic acids is 2. The maximum Gasteiger partial charge on any atom is 0.320 e. The second kappa shape index (κ2) is 15.3. The zero-order chi connectivity index (χ0) is 29.6. The molecule has 8 heteroatoms. The van der Waals surface area contributed by atoms with Gasteiger partial charge in [-0.05, 0) is 53.5 Å². The van der Waals surface area contributed by atoms with E-state index in [0.717, 1.165) is 68.8 Å². The van der Waals surface area contributed by atoms with Crippen LogP contribution in [0.3, 0.4) is 0 Å². The molecule has 0 saturated carbocycles. The molecule has 2 unspecified atom stereocenters. The molecule has 42 heavy (non-hydrogen) atoms. The number of benzene rings is 2. The van der Waals surface area contributed by atoms with Gasteiger partial charge < -0.3 is 9.64 Å². The van der Waals surface area contributed by atoms with Crippen molar-refractivity contribution in [1.82, 2.24) is 14.7 Å². The molecule has 0 spiro atoms. The van der Waals surface area contributed by atoms with E-state index < -0.39 is 0 Å². The first-order valence-electron chi connectivity index (χ1n) is 15.2. The number of nitrogens with zero attached hydrogens (tertiary/aromatic N) is 3. The Bertz CT molecular complexity index is 1210. The van der Waals surface area contributed by atoms with E-state index in [1.165, 1.54) is 5.56 Å². The van der Waals surface area contributed by atoms with Gasteiger partial charge in [0.2, 0.25) is 0 Å². The van der Waals surface area contributed by atoms with Crippen molar-refractivity contribution in [2.45, 2.75) is 65.3 Å². The van der Waals surface area contributed by atoms with E-state index in [4.69, 9.17) is 10.1 Å². The highest BCUT2D eigenvalue weighted by atomic mass is 79.9. The number of ketones is 1. The van der Waals surface area contributed by atoms with Gasteiger partial charge in [0.15, 0.2) is 5.78 Å². The lowest BCUT2D eigenvalue weighted by atomic mass is 9.84. The van der Waals surface area contributed by atoms with Gasteiger partial charge in [-0.2, -0.15) is 0 Å². The fraction of sp³-hybridized carbons (Fsp3) is 0.559.